The van der Waals surface area contributed by atoms with Gasteiger partial charge < -0.3 is 10.2 Å². The molecule has 104 valence electrons. The van der Waals surface area contributed by atoms with E-state index in [2.05, 4.69) is 16.3 Å². The van der Waals surface area contributed by atoms with Gasteiger partial charge in [-0.15, -0.1) is 0 Å². The molecule has 19 heavy (non-hydrogen) atoms. The molecule has 2 saturated heterocycles. The van der Waals surface area contributed by atoms with Crippen molar-refractivity contribution in [3.63, 3.8) is 0 Å². The van der Waals surface area contributed by atoms with E-state index >= 15 is 0 Å². The van der Waals surface area contributed by atoms with Crippen molar-refractivity contribution in [1.82, 2.24) is 5.32 Å². The fraction of sp³-hybridized carbons (Fsp3) is 0.625. The van der Waals surface area contributed by atoms with Crippen LogP contribution in [-0.2, 0) is 6.42 Å². The normalized spacial score (nSPS) is 23.8. The van der Waals surface area contributed by atoms with E-state index in [-0.39, 0.29) is 5.82 Å². The molecule has 2 fully saturated rings. The first-order chi connectivity index (χ1) is 9.34. The van der Waals surface area contributed by atoms with Gasteiger partial charge in [0.25, 0.3) is 0 Å². The summed E-state index contributed by atoms with van der Waals surface area (Å²) in [5, 5.41) is 3.53. The zero-order chi connectivity index (χ0) is 13.1. The molecule has 2 heterocycles. The van der Waals surface area contributed by atoms with Crippen LogP contribution in [0.4, 0.5) is 10.1 Å². The first-order valence-corrected chi connectivity index (χ1v) is 7.60. The van der Waals surface area contributed by atoms with Gasteiger partial charge in [-0.2, -0.15) is 0 Å². The predicted molar refractivity (Wildman–Crippen MR) is 77.2 cm³/mol. The Bertz CT molecular complexity index is 421. The van der Waals surface area contributed by atoms with E-state index in [9.17, 15) is 4.39 Å². The number of benzene rings is 1. The van der Waals surface area contributed by atoms with E-state index in [1.807, 2.05) is 6.07 Å². The Balaban J connectivity index is 1.81. The van der Waals surface area contributed by atoms with E-state index in [4.69, 9.17) is 0 Å². The lowest BCUT2D eigenvalue weighted by atomic mass is 9.96. The smallest absolute Gasteiger partial charge is 0.128 e. The van der Waals surface area contributed by atoms with Gasteiger partial charge in [0.05, 0.1) is 0 Å². The van der Waals surface area contributed by atoms with Crippen LogP contribution in [0.3, 0.4) is 0 Å². The van der Waals surface area contributed by atoms with Crippen molar-refractivity contribution in [2.24, 2.45) is 0 Å². The first kappa shape index (κ1) is 12.9. The number of halogens is 1. The fourth-order valence-corrected chi connectivity index (χ4v) is 3.35. The van der Waals surface area contributed by atoms with Crippen LogP contribution < -0.4 is 10.2 Å². The molecule has 1 aromatic carbocycles. The van der Waals surface area contributed by atoms with Crippen molar-refractivity contribution < 1.29 is 4.39 Å². The van der Waals surface area contributed by atoms with Gasteiger partial charge in [-0.1, -0.05) is 12.5 Å². The van der Waals surface area contributed by atoms with Crippen molar-refractivity contribution in [3.8, 4) is 0 Å². The summed E-state index contributed by atoms with van der Waals surface area (Å²) in [5.74, 6) is -0.0308. The third-order valence-corrected chi connectivity index (χ3v) is 4.40. The van der Waals surface area contributed by atoms with Crippen molar-refractivity contribution in [1.29, 1.82) is 0 Å². The van der Waals surface area contributed by atoms with Gasteiger partial charge in [-0.05, 0) is 50.8 Å². The lowest BCUT2D eigenvalue weighted by Gasteiger charge is -2.27. The Morgan fingerprint density at radius 1 is 1.16 bits per heavy atom. The van der Waals surface area contributed by atoms with Gasteiger partial charge in [-0.3, -0.25) is 0 Å². The van der Waals surface area contributed by atoms with Crippen LogP contribution >= 0.6 is 0 Å². The molecule has 3 heteroatoms. The lowest BCUT2D eigenvalue weighted by molar-refractivity contribution is 0.395. The van der Waals surface area contributed by atoms with Crippen molar-refractivity contribution >= 4 is 5.69 Å². The van der Waals surface area contributed by atoms with E-state index in [0.717, 1.165) is 37.3 Å². The molecule has 1 unspecified atom stereocenters. The second-order valence-electron chi connectivity index (χ2n) is 5.78. The van der Waals surface area contributed by atoms with Gasteiger partial charge in [-0.25, -0.2) is 4.39 Å². The summed E-state index contributed by atoms with van der Waals surface area (Å²) < 4.78 is 14.2. The van der Waals surface area contributed by atoms with Gasteiger partial charge >= 0.3 is 0 Å². The minimum atomic E-state index is -0.0308. The summed E-state index contributed by atoms with van der Waals surface area (Å²) >= 11 is 0. The zero-order valence-corrected chi connectivity index (χ0v) is 11.5. The third kappa shape index (κ3) is 2.92. The quantitative estimate of drug-likeness (QED) is 0.900. The summed E-state index contributed by atoms with van der Waals surface area (Å²) in [6, 6.07) is 6.00. The number of nitrogens with zero attached hydrogens (tertiary/aromatic N) is 1. The number of anilines is 1. The Morgan fingerprint density at radius 2 is 2.00 bits per heavy atom. The molecule has 2 aliphatic heterocycles. The van der Waals surface area contributed by atoms with Crippen LogP contribution in [0.25, 0.3) is 0 Å². The molecule has 1 N–H and O–H groups in total. The molecule has 0 radical (unpaired) electrons. The molecule has 2 aliphatic rings. The lowest BCUT2D eigenvalue weighted by Crippen LogP contribution is -2.36. The average Bonchev–Trinajstić information content (AvgIpc) is 2.96. The second-order valence-corrected chi connectivity index (χ2v) is 5.78. The summed E-state index contributed by atoms with van der Waals surface area (Å²) in [6.45, 7) is 3.24. The van der Waals surface area contributed by atoms with Crippen molar-refractivity contribution in [2.45, 2.75) is 44.6 Å². The van der Waals surface area contributed by atoms with Gasteiger partial charge in [0.1, 0.15) is 5.82 Å². The highest BCUT2D eigenvalue weighted by molar-refractivity contribution is 5.55. The van der Waals surface area contributed by atoms with Crippen LogP contribution in [0.15, 0.2) is 18.2 Å². The zero-order valence-electron chi connectivity index (χ0n) is 11.5. The van der Waals surface area contributed by atoms with Crippen LogP contribution in [0.1, 0.15) is 37.7 Å². The average molecular weight is 262 g/mol. The molecule has 1 atom stereocenters. The molecule has 0 spiro atoms. The topological polar surface area (TPSA) is 15.3 Å². The molecular formula is C16H23FN2. The van der Waals surface area contributed by atoms with E-state index in [1.165, 1.54) is 32.1 Å². The molecule has 0 aromatic heterocycles. The maximum atomic E-state index is 14.2. The fourth-order valence-electron chi connectivity index (χ4n) is 3.35. The first-order valence-electron chi connectivity index (χ1n) is 7.60. The van der Waals surface area contributed by atoms with Gasteiger partial charge in [0.15, 0.2) is 0 Å². The summed E-state index contributed by atoms with van der Waals surface area (Å²) in [5.41, 5.74) is 2.05. The predicted octanol–water partition coefficient (Wildman–Crippen LogP) is 3.11. The number of rotatable bonds is 3. The highest BCUT2D eigenvalue weighted by atomic mass is 19.1. The van der Waals surface area contributed by atoms with Gasteiger partial charge in [0.2, 0.25) is 0 Å². The maximum Gasteiger partial charge on any atom is 0.128 e. The third-order valence-electron chi connectivity index (χ3n) is 4.40. The van der Waals surface area contributed by atoms with Crippen LogP contribution in [-0.4, -0.2) is 25.7 Å². The molecule has 3 rings (SSSR count). The molecule has 1 aromatic rings. The Morgan fingerprint density at radius 3 is 2.74 bits per heavy atom. The van der Waals surface area contributed by atoms with Crippen LogP contribution in [0.5, 0.6) is 0 Å². The molecule has 0 bridgehead atoms. The molecule has 0 saturated carbocycles. The Labute approximate surface area is 115 Å². The number of hydrogen-bond donors (Lipinski definition) is 1. The SMILES string of the molecule is Fc1cccc(N2CCCC2)c1CC1CCCCN1. The largest absolute Gasteiger partial charge is 0.371 e. The molecule has 0 amide bonds. The number of piperidine rings is 1. The molecule has 0 aliphatic carbocycles. The highest BCUT2D eigenvalue weighted by Gasteiger charge is 2.21. The summed E-state index contributed by atoms with van der Waals surface area (Å²) in [7, 11) is 0. The van der Waals surface area contributed by atoms with Crippen molar-refractivity contribution in [3.05, 3.63) is 29.6 Å². The minimum Gasteiger partial charge on any atom is -0.371 e. The second kappa shape index (κ2) is 5.91. The number of hydrogen-bond acceptors (Lipinski definition) is 2. The van der Waals surface area contributed by atoms with E-state index in [1.54, 1.807) is 6.07 Å². The summed E-state index contributed by atoms with van der Waals surface area (Å²) in [6.07, 6.45) is 7.00. The monoisotopic (exact) mass is 262 g/mol. The maximum absolute atomic E-state index is 14.2. The van der Waals surface area contributed by atoms with Crippen LogP contribution in [0, 0.1) is 5.82 Å². The molecular weight excluding hydrogens is 239 g/mol. The van der Waals surface area contributed by atoms with E-state index in [0.29, 0.717) is 6.04 Å². The standard InChI is InChI=1S/C16H23FN2/c17-15-7-5-8-16(19-10-3-4-11-19)14(15)12-13-6-1-2-9-18-13/h5,7-8,13,18H,1-4,6,9-12H2. The molecule has 2 nitrogen and oxygen atoms in total. The number of nitrogens with one attached hydrogen (secondary N) is 1. The Hall–Kier alpha value is -1.09. The minimum absolute atomic E-state index is 0.0308. The van der Waals surface area contributed by atoms with Gasteiger partial charge in [0, 0.05) is 30.4 Å². The van der Waals surface area contributed by atoms with Crippen molar-refractivity contribution in [2.75, 3.05) is 24.5 Å². The van der Waals surface area contributed by atoms with Crippen LogP contribution in [0.2, 0.25) is 0 Å². The highest BCUT2D eigenvalue weighted by Crippen LogP contribution is 2.28. The summed E-state index contributed by atoms with van der Waals surface area (Å²) in [4.78, 5) is 2.35. The van der Waals surface area contributed by atoms with E-state index < -0.39 is 0 Å². The Kier molecular flexibility index (Phi) is 4.02.